The van der Waals surface area contributed by atoms with Gasteiger partial charge in [-0.15, -0.1) is 0 Å². The first-order valence-corrected chi connectivity index (χ1v) is 9.90. The highest BCUT2D eigenvalue weighted by atomic mass is 16.5. The van der Waals surface area contributed by atoms with Gasteiger partial charge >= 0.3 is 0 Å². The molecule has 2 aromatic carbocycles. The van der Waals surface area contributed by atoms with E-state index in [0.29, 0.717) is 12.3 Å². The van der Waals surface area contributed by atoms with Crippen LogP contribution in [0.3, 0.4) is 0 Å². The van der Waals surface area contributed by atoms with Gasteiger partial charge in [0.2, 0.25) is 0 Å². The highest BCUT2D eigenvalue weighted by Gasteiger charge is 2.15. The summed E-state index contributed by atoms with van der Waals surface area (Å²) >= 11 is 0. The maximum atomic E-state index is 12.3. The standard InChI is InChI=1S/C23H25N3O3/c1-28-19-8-4-6-17(14-19)15-24-22(27)16-29-20-9-5-7-18-10-11-21(25-23(18)20)26-12-2-3-13-26/h4-11,14H,2-3,12-13,15-16H2,1H3,(H,24,27). The predicted molar refractivity (Wildman–Crippen MR) is 114 cm³/mol. The van der Waals surface area contributed by atoms with Crippen LogP contribution in [0.2, 0.25) is 0 Å². The van der Waals surface area contributed by atoms with Crippen LogP contribution in [0.4, 0.5) is 5.82 Å². The minimum absolute atomic E-state index is 0.0568. The zero-order valence-corrected chi connectivity index (χ0v) is 16.6. The first kappa shape index (κ1) is 19.1. The molecule has 3 aromatic rings. The number of ether oxygens (including phenoxy) is 2. The molecule has 150 valence electrons. The lowest BCUT2D eigenvalue weighted by molar-refractivity contribution is -0.123. The van der Waals surface area contributed by atoms with E-state index in [1.807, 2.05) is 42.5 Å². The van der Waals surface area contributed by atoms with Gasteiger partial charge in [-0.05, 0) is 48.7 Å². The highest BCUT2D eigenvalue weighted by Crippen LogP contribution is 2.27. The number of fused-ring (bicyclic) bond motifs is 1. The van der Waals surface area contributed by atoms with Crippen molar-refractivity contribution in [2.24, 2.45) is 0 Å². The third-order valence-corrected chi connectivity index (χ3v) is 5.08. The van der Waals surface area contributed by atoms with Gasteiger partial charge in [0.25, 0.3) is 5.91 Å². The number of methoxy groups -OCH3 is 1. The monoisotopic (exact) mass is 391 g/mol. The second-order valence-corrected chi connectivity index (χ2v) is 7.11. The van der Waals surface area contributed by atoms with E-state index in [4.69, 9.17) is 14.5 Å². The van der Waals surface area contributed by atoms with Crippen LogP contribution < -0.4 is 19.7 Å². The van der Waals surface area contributed by atoms with Gasteiger partial charge < -0.3 is 19.7 Å². The van der Waals surface area contributed by atoms with Crippen LogP contribution in [0.25, 0.3) is 10.9 Å². The Morgan fingerprint density at radius 3 is 2.76 bits per heavy atom. The molecule has 6 heteroatoms. The molecule has 6 nitrogen and oxygen atoms in total. The number of nitrogens with one attached hydrogen (secondary N) is 1. The Hall–Kier alpha value is -3.28. The van der Waals surface area contributed by atoms with Crippen molar-refractivity contribution < 1.29 is 14.3 Å². The quantitative estimate of drug-likeness (QED) is 0.667. The van der Waals surface area contributed by atoms with Crippen molar-refractivity contribution in [1.29, 1.82) is 0 Å². The Morgan fingerprint density at radius 1 is 1.10 bits per heavy atom. The fourth-order valence-corrected chi connectivity index (χ4v) is 3.53. The normalized spacial score (nSPS) is 13.5. The Morgan fingerprint density at radius 2 is 1.93 bits per heavy atom. The maximum absolute atomic E-state index is 12.3. The molecule has 1 aromatic heterocycles. The number of rotatable bonds is 7. The number of amides is 1. The highest BCUT2D eigenvalue weighted by molar-refractivity contribution is 5.86. The van der Waals surface area contributed by atoms with Crippen LogP contribution in [0, 0.1) is 0 Å². The second-order valence-electron chi connectivity index (χ2n) is 7.11. The van der Waals surface area contributed by atoms with Crippen LogP contribution in [0.5, 0.6) is 11.5 Å². The summed E-state index contributed by atoms with van der Waals surface area (Å²) in [6.07, 6.45) is 2.40. The lowest BCUT2D eigenvalue weighted by Crippen LogP contribution is -2.28. The SMILES string of the molecule is COc1cccc(CNC(=O)COc2cccc3ccc(N4CCCC4)nc23)c1. The number of pyridine rings is 1. The van der Waals surface area contributed by atoms with Gasteiger partial charge in [0.15, 0.2) is 6.61 Å². The van der Waals surface area contributed by atoms with Gasteiger partial charge in [-0.3, -0.25) is 4.79 Å². The number of hydrogen-bond acceptors (Lipinski definition) is 5. The number of anilines is 1. The van der Waals surface area contributed by atoms with Crippen molar-refractivity contribution in [3.05, 3.63) is 60.2 Å². The Kier molecular flexibility index (Phi) is 5.79. The molecule has 29 heavy (non-hydrogen) atoms. The molecule has 1 aliphatic heterocycles. The Bertz CT molecular complexity index is 1000. The van der Waals surface area contributed by atoms with E-state index < -0.39 is 0 Å². The van der Waals surface area contributed by atoms with E-state index in [0.717, 1.165) is 41.1 Å². The molecule has 1 saturated heterocycles. The van der Waals surface area contributed by atoms with Crippen LogP contribution in [0.15, 0.2) is 54.6 Å². The molecule has 0 saturated carbocycles. The first-order valence-electron chi connectivity index (χ1n) is 9.90. The smallest absolute Gasteiger partial charge is 0.258 e. The summed E-state index contributed by atoms with van der Waals surface area (Å²) in [6.45, 7) is 2.44. The molecule has 0 unspecified atom stereocenters. The molecular weight excluding hydrogens is 366 g/mol. The number of aromatic nitrogens is 1. The van der Waals surface area contributed by atoms with Gasteiger partial charge in [-0.2, -0.15) is 0 Å². The number of carbonyl (C=O) groups excluding carboxylic acids is 1. The second kappa shape index (κ2) is 8.82. The van der Waals surface area contributed by atoms with Gasteiger partial charge in [-0.25, -0.2) is 4.98 Å². The van der Waals surface area contributed by atoms with Crippen molar-refractivity contribution in [2.45, 2.75) is 19.4 Å². The van der Waals surface area contributed by atoms with Gasteiger partial charge in [0.1, 0.15) is 22.8 Å². The zero-order chi connectivity index (χ0) is 20.1. The van der Waals surface area contributed by atoms with Crippen molar-refractivity contribution in [3.63, 3.8) is 0 Å². The molecule has 0 radical (unpaired) electrons. The zero-order valence-electron chi connectivity index (χ0n) is 16.6. The molecule has 1 aliphatic rings. The number of benzene rings is 2. The van der Waals surface area contributed by atoms with Crippen LogP contribution >= 0.6 is 0 Å². The topological polar surface area (TPSA) is 63.7 Å². The summed E-state index contributed by atoms with van der Waals surface area (Å²) in [4.78, 5) is 19.4. The predicted octanol–water partition coefficient (Wildman–Crippen LogP) is 3.54. The summed E-state index contributed by atoms with van der Waals surface area (Å²) in [6, 6.07) is 17.5. The van der Waals surface area contributed by atoms with E-state index in [2.05, 4.69) is 22.3 Å². The fraction of sp³-hybridized carbons (Fsp3) is 0.304. The maximum Gasteiger partial charge on any atom is 0.258 e. The van der Waals surface area contributed by atoms with Crippen molar-refractivity contribution >= 4 is 22.6 Å². The average molecular weight is 391 g/mol. The van der Waals surface area contributed by atoms with E-state index >= 15 is 0 Å². The number of para-hydroxylation sites is 1. The average Bonchev–Trinajstić information content (AvgIpc) is 3.31. The fourth-order valence-electron chi connectivity index (χ4n) is 3.53. The van der Waals surface area contributed by atoms with E-state index in [9.17, 15) is 4.79 Å². The summed E-state index contributed by atoms with van der Waals surface area (Å²) in [5.74, 6) is 2.18. The van der Waals surface area contributed by atoms with Gasteiger partial charge in [-0.1, -0.05) is 24.3 Å². The molecule has 0 bridgehead atoms. The number of hydrogen-bond donors (Lipinski definition) is 1. The van der Waals surface area contributed by atoms with Crippen LogP contribution in [0.1, 0.15) is 18.4 Å². The Balaban J connectivity index is 1.40. The van der Waals surface area contributed by atoms with E-state index in [-0.39, 0.29) is 12.5 Å². The molecule has 4 rings (SSSR count). The molecule has 0 atom stereocenters. The molecule has 0 spiro atoms. The van der Waals surface area contributed by atoms with Crippen molar-refractivity contribution in [3.8, 4) is 11.5 Å². The number of carbonyl (C=O) groups is 1. The van der Waals surface area contributed by atoms with E-state index in [1.165, 1.54) is 12.8 Å². The van der Waals surface area contributed by atoms with E-state index in [1.54, 1.807) is 7.11 Å². The third kappa shape index (κ3) is 4.59. The molecule has 1 N–H and O–H groups in total. The summed E-state index contributed by atoms with van der Waals surface area (Å²) in [5, 5.41) is 3.88. The summed E-state index contributed by atoms with van der Waals surface area (Å²) in [5.41, 5.74) is 1.76. The lowest BCUT2D eigenvalue weighted by atomic mass is 10.2. The molecule has 1 amide bonds. The first-order chi connectivity index (χ1) is 14.2. The summed E-state index contributed by atoms with van der Waals surface area (Å²) in [7, 11) is 1.62. The van der Waals surface area contributed by atoms with Gasteiger partial charge in [0, 0.05) is 25.0 Å². The lowest BCUT2D eigenvalue weighted by Gasteiger charge is -2.17. The molecule has 2 heterocycles. The summed E-state index contributed by atoms with van der Waals surface area (Å²) < 4.78 is 11.0. The molecule has 1 fully saturated rings. The largest absolute Gasteiger partial charge is 0.497 e. The van der Waals surface area contributed by atoms with Gasteiger partial charge in [0.05, 0.1) is 7.11 Å². The third-order valence-electron chi connectivity index (χ3n) is 5.08. The van der Waals surface area contributed by atoms with Crippen LogP contribution in [-0.4, -0.2) is 37.7 Å². The minimum Gasteiger partial charge on any atom is -0.497 e. The van der Waals surface area contributed by atoms with Crippen molar-refractivity contribution in [2.75, 3.05) is 31.7 Å². The van der Waals surface area contributed by atoms with Crippen molar-refractivity contribution in [1.82, 2.24) is 10.3 Å². The number of nitrogens with zero attached hydrogens (tertiary/aromatic N) is 2. The van der Waals surface area contributed by atoms with Crippen LogP contribution in [-0.2, 0) is 11.3 Å². The Labute approximate surface area is 170 Å². The minimum atomic E-state index is -0.180. The molecule has 0 aliphatic carbocycles. The molecular formula is C23H25N3O3.